The number of imidazole rings is 1. The van der Waals surface area contributed by atoms with Crippen LogP contribution in [0.3, 0.4) is 0 Å². The zero-order chi connectivity index (χ0) is 13.8. The van der Waals surface area contributed by atoms with Crippen LogP contribution in [0.4, 0.5) is 0 Å². The topological polar surface area (TPSA) is 47.3 Å². The highest BCUT2D eigenvalue weighted by molar-refractivity contribution is 6.31. The summed E-state index contributed by atoms with van der Waals surface area (Å²) in [5, 5.41) is 9.83. The van der Waals surface area contributed by atoms with Crippen molar-refractivity contribution in [2.75, 3.05) is 0 Å². The lowest BCUT2D eigenvalue weighted by atomic mass is 10.2. The van der Waals surface area contributed by atoms with Crippen molar-refractivity contribution >= 4 is 11.6 Å². The second-order valence-corrected chi connectivity index (χ2v) is 4.96. The molecule has 5 heteroatoms. The number of aliphatic hydroxyl groups excluding tert-OH is 1. The molecule has 0 bridgehead atoms. The fraction of sp³-hybridized carbons (Fsp3) is 0.357. The third-order valence-corrected chi connectivity index (χ3v) is 3.27. The van der Waals surface area contributed by atoms with Gasteiger partial charge in [-0.1, -0.05) is 17.7 Å². The molecule has 1 aromatic heterocycles. The minimum Gasteiger partial charge on any atom is -0.487 e. The maximum Gasteiger partial charge on any atom is 0.130 e. The summed E-state index contributed by atoms with van der Waals surface area (Å²) in [6, 6.07) is 5.67. The van der Waals surface area contributed by atoms with Crippen LogP contribution in [0.5, 0.6) is 5.75 Å². The van der Waals surface area contributed by atoms with E-state index in [1.54, 1.807) is 30.7 Å². The van der Waals surface area contributed by atoms with Gasteiger partial charge in [-0.3, -0.25) is 0 Å². The second-order valence-electron chi connectivity index (χ2n) is 4.55. The molecule has 0 aliphatic heterocycles. The van der Waals surface area contributed by atoms with Gasteiger partial charge in [0.1, 0.15) is 12.4 Å². The standard InChI is InChI=1S/C14H17ClN2O2/c1-10(2)17-9-16-6-11(17)8-19-14-5-3-4-13(15)12(14)7-18/h3-6,9-10,18H,7-8H2,1-2H3. The lowest BCUT2D eigenvalue weighted by molar-refractivity contribution is 0.255. The molecule has 1 heterocycles. The molecule has 0 radical (unpaired) electrons. The average molecular weight is 281 g/mol. The molecule has 2 rings (SSSR count). The number of nitrogens with zero attached hydrogens (tertiary/aromatic N) is 2. The molecule has 0 aliphatic rings. The number of ether oxygens (including phenoxy) is 1. The van der Waals surface area contributed by atoms with Crippen molar-refractivity contribution < 1.29 is 9.84 Å². The maximum absolute atomic E-state index is 9.32. The van der Waals surface area contributed by atoms with Crippen LogP contribution < -0.4 is 4.74 Å². The van der Waals surface area contributed by atoms with E-state index in [1.807, 2.05) is 4.57 Å². The Hall–Kier alpha value is -1.52. The van der Waals surface area contributed by atoms with Crippen LogP contribution in [0, 0.1) is 0 Å². The van der Waals surface area contributed by atoms with Crippen LogP contribution in [0.25, 0.3) is 0 Å². The molecular formula is C14H17ClN2O2. The Morgan fingerprint density at radius 2 is 2.21 bits per heavy atom. The smallest absolute Gasteiger partial charge is 0.130 e. The van der Waals surface area contributed by atoms with Crippen LogP contribution in [-0.2, 0) is 13.2 Å². The predicted molar refractivity (Wildman–Crippen MR) is 74.3 cm³/mol. The molecular weight excluding hydrogens is 264 g/mol. The second kappa shape index (κ2) is 6.08. The van der Waals surface area contributed by atoms with Crippen molar-refractivity contribution in [3.63, 3.8) is 0 Å². The lowest BCUT2D eigenvalue weighted by Crippen LogP contribution is -2.08. The first-order valence-electron chi connectivity index (χ1n) is 6.15. The van der Waals surface area contributed by atoms with Crippen LogP contribution in [0.15, 0.2) is 30.7 Å². The van der Waals surface area contributed by atoms with E-state index in [0.717, 1.165) is 5.69 Å². The molecule has 1 N–H and O–H groups in total. The first-order chi connectivity index (χ1) is 9.13. The molecule has 0 fully saturated rings. The van der Waals surface area contributed by atoms with Crippen molar-refractivity contribution in [1.29, 1.82) is 0 Å². The molecule has 4 nitrogen and oxygen atoms in total. The normalized spacial score (nSPS) is 11.0. The molecule has 0 spiro atoms. The van der Waals surface area contributed by atoms with Gasteiger partial charge in [-0.15, -0.1) is 0 Å². The summed E-state index contributed by atoms with van der Waals surface area (Å²) in [4.78, 5) is 4.12. The van der Waals surface area contributed by atoms with E-state index >= 15 is 0 Å². The largest absolute Gasteiger partial charge is 0.487 e. The third kappa shape index (κ3) is 3.08. The van der Waals surface area contributed by atoms with Gasteiger partial charge < -0.3 is 14.4 Å². The van der Waals surface area contributed by atoms with Crippen molar-refractivity contribution in [3.05, 3.63) is 47.0 Å². The van der Waals surface area contributed by atoms with E-state index < -0.39 is 0 Å². The number of hydrogen-bond donors (Lipinski definition) is 1. The van der Waals surface area contributed by atoms with E-state index in [2.05, 4.69) is 18.8 Å². The Morgan fingerprint density at radius 1 is 1.42 bits per heavy atom. The van der Waals surface area contributed by atoms with E-state index in [1.165, 1.54) is 0 Å². The van der Waals surface area contributed by atoms with Gasteiger partial charge in [-0.25, -0.2) is 4.98 Å². The summed E-state index contributed by atoms with van der Waals surface area (Å²) < 4.78 is 7.78. The summed E-state index contributed by atoms with van der Waals surface area (Å²) in [5.74, 6) is 0.603. The molecule has 0 aliphatic carbocycles. The van der Waals surface area contributed by atoms with Gasteiger partial charge in [0, 0.05) is 16.6 Å². The van der Waals surface area contributed by atoms with E-state index in [0.29, 0.717) is 29.0 Å². The Labute approximate surface area is 117 Å². The van der Waals surface area contributed by atoms with Gasteiger partial charge in [0.05, 0.1) is 24.8 Å². The van der Waals surface area contributed by atoms with Gasteiger partial charge in [-0.05, 0) is 26.0 Å². The van der Waals surface area contributed by atoms with Crippen molar-refractivity contribution in [2.45, 2.75) is 33.1 Å². The van der Waals surface area contributed by atoms with Crippen molar-refractivity contribution in [3.8, 4) is 5.75 Å². The Bertz CT molecular complexity index is 552. The maximum atomic E-state index is 9.32. The molecule has 0 amide bonds. The monoisotopic (exact) mass is 280 g/mol. The number of benzene rings is 1. The number of hydrogen-bond acceptors (Lipinski definition) is 3. The first kappa shape index (κ1) is 13.9. The molecule has 0 atom stereocenters. The van der Waals surface area contributed by atoms with Gasteiger partial charge in [-0.2, -0.15) is 0 Å². The summed E-state index contributed by atoms with van der Waals surface area (Å²) in [6.45, 7) is 4.43. The zero-order valence-corrected chi connectivity index (χ0v) is 11.8. The average Bonchev–Trinajstić information content (AvgIpc) is 2.84. The highest BCUT2D eigenvalue weighted by atomic mass is 35.5. The van der Waals surface area contributed by atoms with Crippen LogP contribution >= 0.6 is 11.6 Å². The number of rotatable bonds is 5. The van der Waals surface area contributed by atoms with Crippen molar-refractivity contribution in [1.82, 2.24) is 9.55 Å². The molecule has 1 aromatic carbocycles. The van der Waals surface area contributed by atoms with E-state index in [-0.39, 0.29) is 6.61 Å². The van der Waals surface area contributed by atoms with Gasteiger partial charge in [0.2, 0.25) is 0 Å². The van der Waals surface area contributed by atoms with Crippen LogP contribution in [0.2, 0.25) is 5.02 Å². The Kier molecular flexibility index (Phi) is 4.45. The Morgan fingerprint density at radius 3 is 2.89 bits per heavy atom. The highest BCUT2D eigenvalue weighted by Gasteiger charge is 2.10. The molecule has 0 unspecified atom stereocenters. The summed E-state index contributed by atoms with van der Waals surface area (Å²) >= 11 is 6.01. The fourth-order valence-corrected chi connectivity index (χ4v) is 2.11. The highest BCUT2D eigenvalue weighted by Crippen LogP contribution is 2.27. The summed E-state index contributed by atoms with van der Waals surface area (Å²) in [7, 11) is 0. The van der Waals surface area contributed by atoms with Gasteiger partial charge in [0.25, 0.3) is 0 Å². The van der Waals surface area contributed by atoms with Gasteiger partial charge >= 0.3 is 0 Å². The quantitative estimate of drug-likeness (QED) is 0.915. The summed E-state index contributed by atoms with van der Waals surface area (Å²) in [5.41, 5.74) is 1.60. The molecule has 102 valence electrons. The zero-order valence-electron chi connectivity index (χ0n) is 11.0. The number of aromatic nitrogens is 2. The molecule has 0 saturated carbocycles. The summed E-state index contributed by atoms with van der Waals surface area (Å²) in [6.07, 6.45) is 3.57. The molecule has 19 heavy (non-hydrogen) atoms. The Balaban J connectivity index is 2.15. The number of aliphatic hydroxyl groups is 1. The minimum atomic E-state index is -0.140. The third-order valence-electron chi connectivity index (χ3n) is 2.91. The SMILES string of the molecule is CC(C)n1cncc1COc1cccc(Cl)c1CO. The molecule has 2 aromatic rings. The van der Waals surface area contributed by atoms with Crippen LogP contribution in [0.1, 0.15) is 31.1 Å². The van der Waals surface area contributed by atoms with Crippen molar-refractivity contribution in [2.24, 2.45) is 0 Å². The lowest BCUT2D eigenvalue weighted by Gasteiger charge is -2.14. The van der Waals surface area contributed by atoms with Crippen LogP contribution in [-0.4, -0.2) is 14.7 Å². The fourth-order valence-electron chi connectivity index (χ4n) is 1.89. The van der Waals surface area contributed by atoms with E-state index in [4.69, 9.17) is 16.3 Å². The first-order valence-corrected chi connectivity index (χ1v) is 6.53. The minimum absolute atomic E-state index is 0.140. The molecule has 0 saturated heterocycles. The predicted octanol–water partition coefficient (Wildman–Crippen LogP) is 3.19. The van der Waals surface area contributed by atoms with E-state index in [9.17, 15) is 5.11 Å². The van der Waals surface area contributed by atoms with Gasteiger partial charge in [0.15, 0.2) is 0 Å². The number of halogens is 1.